The molecule has 4 nitrogen and oxygen atoms in total. The Morgan fingerprint density at radius 2 is 2.04 bits per heavy atom. The fraction of sp³-hybridized carbons (Fsp3) is 0.158. The van der Waals surface area contributed by atoms with Crippen LogP contribution in [0.3, 0.4) is 0 Å². The van der Waals surface area contributed by atoms with E-state index in [9.17, 15) is 4.79 Å². The normalized spacial score (nSPS) is 11.2. The number of amides is 1. The monoisotopic (exact) mass is 335 g/mol. The zero-order valence-corrected chi connectivity index (χ0v) is 14.4. The van der Waals surface area contributed by atoms with Gasteiger partial charge in [0.2, 0.25) is 0 Å². The molecule has 0 fully saturated rings. The molecule has 0 saturated heterocycles. The van der Waals surface area contributed by atoms with Crippen LogP contribution in [0.5, 0.6) is 0 Å². The number of H-pyrrole nitrogens is 1. The number of hydrogen-bond acceptors (Lipinski definition) is 3. The van der Waals surface area contributed by atoms with Crippen LogP contribution in [0.1, 0.15) is 21.6 Å². The third-order valence-corrected chi connectivity index (χ3v) is 5.25. The molecule has 0 saturated carbocycles. The summed E-state index contributed by atoms with van der Waals surface area (Å²) in [4.78, 5) is 14.6. The largest absolute Gasteiger partial charge is 0.336 e. The molecule has 0 atom stereocenters. The third-order valence-electron chi connectivity index (χ3n) is 4.24. The second-order valence-electron chi connectivity index (χ2n) is 6.04. The van der Waals surface area contributed by atoms with Crippen molar-refractivity contribution in [3.05, 3.63) is 64.7 Å². The van der Waals surface area contributed by atoms with Crippen molar-refractivity contribution in [3.63, 3.8) is 0 Å². The van der Waals surface area contributed by atoms with Crippen molar-refractivity contribution in [2.75, 3.05) is 7.05 Å². The summed E-state index contributed by atoms with van der Waals surface area (Å²) in [5.41, 5.74) is 3.65. The van der Waals surface area contributed by atoms with Crippen LogP contribution in [-0.2, 0) is 6.54 Å². The average Bonchev–Trinajstić information content (AvgIpc) is 3.18. The SMILES string of the molecule is Cc1ccc2[nH]nc(C(=O)N(C)Cc3csc4ccccc34)c2c1. The Morgan fingerprint density at radius 3 is 2.92 bits per heavy atom. The van der Waals surface area contributed by atoms with Crippen LogP contribution in [-0.4, -0.2) is 28.1 Å². The highest BCUT2D eigenvalue weighted by atomic mass is 32.1. The second kappa shape index (κ2) is 5.76. The summed E-state index contributed by atoms with van der Waals surface area (Å²) in [6, 6.07) is 14.2. The van der Waals surface area contributed by atoms with E-state index in [0.29, 0.717) is 12.2 Å². The van der Waals surface area contributed by atoms with Gasteiger partial charge in [0, 0.05) is 23.7 Å². The lowest BCUT2D eigenvalue weighted by Crippen LogP contribution is -2.26. The van der Waals surface area contributed by atoms with Crippen LogP contribution in [0.2, 0.25) is 0 Å². The van der Waals surface area contributed by atoms with Gasteiger partial charge in [0.15, 0.2) is 5.69 Å². The predicted molar refractivity (Wildman–Crippen MR) is 98.5 cm³/mol. The van der Waals surface area contributed by atoms with E-state index in [2.05, 4.69) is 27.7 Å². The van der Waals surface area contributed by atoms with Gasteiger partial charge < -0.3 is 4.90 Å². The maximum atomic E-state index is 12.8. The smallest absolute Gasteiger partial charge is 0.275 e. The van der Waals surface area contributed by atoms with E-state index in [1.807, 2.05) is 44.3 Å². The quantitative estimate of drug-likeness (QED) is 0.605. The summed E-state index contributed by atoms with van der Waals surface area (Å²) in [6.45, 7) is 2.59. The number of benzene rings is 2. The van der Waals surface area contributed by atoms with E-state index in [4.69, 9.17) is 0 Å². The number of fused-ring (bicyclic) bond motifs is 2. The molecule has 4 aromatic rings. The lowest BCUT2D eigenvalue weighted by Gasteiger charge is -2.15. The Labute approximate surface area is 143 Å². The van der Waals surface area contributed by atoms with Gasteiger partial charge in [-0.2, -0.15) is 5.10 Å². The number of aromatic amines is 1. The number of aryl methyl sites for hydroxylation is 1. The molecule has 120 valence electrons. The molecule has 0 aliphatic carbocycles. The van der Waals surface area contributed by atoms with Crippen molar-refractivity contribution < 1.29 is 4.79 Å². The number of thiophene rings is 1. The molecule has 2 aromatic carbocycles. The molecular formula is C19H17N3OS. The molecular weight excluding hydrogens is 318 g/mol. The zero-order chi connectivity index (χ0) is 16.7. The first-order valence-electron chi connectivity index (χ1n) is 7.79. The van der Waals surface area contributed by atoms with Gasteiger partial charge in [-0.15, -0.1) is 11.3 Å². The fourth-order valence-electron chi connectivity index (χ4n) is 2.95. The molecule has 0 spiro atoms. The minimum absolute atomic E-state index is 0.0675. The lowest BCUT2D eigenvalue weighted by molar-refractivity contribution is 0.0782. The summed E-state index contributed by atoms with van der Waals surface area (Å²) in [5.74, 6) is -0.0675. The minimum Gasteiger partial charge on any atom is -0.336 e. The minimum atomic E-state index is -0.0675. The molecule has 0 aliphatic heterocycles. The maximum Gasteiger partial charge on any atom is 0.275 e. The number of carbonyl (C=O) groups excluding carboxylic acids is 1. The van der Waals surface area contributed by atoms with Gasteiger partial charge >= 0.3 is 0 Å². The molecule has 0 aliphatic rings. The van der Waals surface area contributed by atoms with Crippen LogP contribution in [0, 0.1) is 6.92 Å². The highest BCUT2D eigenvalue weighted by Gasteiger charge is 2.19. The van der Waals surface area contributed by atoms with Crippen LogP contribution in [0.15, 0.2) is 47.8 Å². The summed E-state index contributed by atoms with van der Waals surface area (Å²) in [7, 11) is 1.82. The van der Waals surface area contributed by atoms with Crippen LogP contribution in [0.25, 0.3) is 21.0 Å². The van der Waals surface area contributed by atoms with E-state index in [0.717, 1.165) is 16.5 Å². The topological polar surface area (TPSA) is 49.0 Å². The summed E-state index contributed by atoms with van der Waals surface area (Å²) in [6.07, 6.45) is 0. The summed E-state index contributed by atoms with van der Waals surface area (Å²) in [5, 5.41) is 11.4. The summed E-state index contributed by atoms with van der Waals surface area (Å²) < 4.78 is 1.24. The Morgan fingerprint density at radius 1 is 1.21 bits per heavy atom. The van der Waals surface area contributed by atoms with Gasteiger partial charge in [0.1, 0.15) is 0 Å². The second-order valence-corrected chi connectivity index (χ2v) is 6.95. The summed E-state index contributed by atoms with van der Waals surface area (Å²) >= 11 is 1.71. The Balaban J connectivity index is 1.65. The highest BCUT2D eigenvalue weighted by Crippen LogP contribution is 2.27. The van der Waals surface area contributed by atoms with E-state index >= 15 is 0 Å². The molecule has 1 amide bonds. The number of nitrogens with zero attached hydrogens (tertiary/aromatic N) is 2. The van der Waals surface area contributed by atoms with E-state index in [1.165, 1.54) is 15.6 Å². The lowest BCUT2D eigenvalue weighted by atomic mass is 10.1. The van der Waals surface area contributed by atoms with Crippen molar-refractivity contribution >= 4 is 38.2 Å². The predicted octanol–water partition coefficient (Wildman–Crippen LogP) is 4.36. The molecule has 4 rings (SSSR count). The van der Waals surface area contributed by atoms with E-state index in [-0.39, 0.29) is 5.91 Å². The van der Waals surface area contributed by atoms with Crippen molar-refractivity contribution in [2.24, 2.45) is 0 Å². The molecule has 5 heteroatoms. The first kappa shape index (κ1) is 14.9. The van der Waals surface area contributed by atoms with Crippen molar-refractivity contribution in [2.45, 2.75) is 13.5 Å². The van der Waals surface area contributed by atoms with Crippen LogP contribution in [0.4, 0.5) is 0 Å². The first-order valence-corrected chi connectivity index (χ1v) is 8.67. The Bertz CT molecular complexity index is 1050. The Hall–Kier alpha value is -2.66. The fourth-order valence-corrected chi connectivity index (χ4v) is 3.91. The Kier molecular flexibility index (Phi) is 3.58. The molecule has 2 aromatic heterocycles. The van der Waals surface area contributed by atoms with Gasteiger partial charge in [-0.1, -0.05) is 29.8 Å². The molecule has 0 radical (unpaired) electrons. The van der Waals surface area contributed by atoms with E-state index < -0.39 is 0 Å². The molecule has 24 heavy (non-hydrogen) atoms. The van der Waals surface area contributed by atoms with Crippen molar-refractivity contribution in [3.8, 4) is 0 Å². The standard InChI is InChI=1S/C19H17N3OS/c1-12-7-8-16-15(9-12)18(21-20-16)19(23)22(2)10-13-11-24-17-6-4-3-5-14(13)17/h3-9,11H,10H2,1-2H3,(H,20,21). The number of rotatable bonds is 3. The number of aromatic nitrogens is 2. The van der Waals surface area contributed by atoms with Gasteiger partial charge in [0.25, 0.3) is 5.91 Å². The average molecular weight is 335 g/mol. The van der Waals surface area contributed by atoms with Crippen molar-refractivity contribution in [1.82, 2.24) is 15.1 Å². The number of carbonyl (C=O) groups is 1. The number of hydrogen-bond donors (Lipinski definition) is 1. The third kappa shape index (κ3) is 2.47. The molecule has 1 N–H and O–H groups in total. The van der Waals surface area contributed by atoms with Gasteiger partial charge in [-0.3, -0.25) is 9.89 Å². The first-order chi connectivity index (χ1) is 11.6. The zero-order valence-electron chi connectivity index (χ0n) is 13.5. The maximum absolute atomic E-state index is 12.8. The van der Waals surface area contributed by atoms with Gasteiger partial charge in [-0.05, 0) is 41.5 Å². The molecule has 0 unspecified atom stereocenters. The van der Waals surface area contributed by atoms with E-state index in [1.54, 1.807) is 16.2 Å². The number of nitrogens with one attached hydrogen (secondary N) is 1. The van der Waals surface area contributed by atoms with Gasteiger partial charge in [0.05, 0.1) is 5.52 Å². The highest BCUT2D eigenvalue weighted by molar-refractivity contribution is 7.17. The van der Waals surface area contributed by atoms with Gasteiger partial charge in [-0.25, -0.2) is 0 Å². The molecule has 0 bridgehead atoms. The van der Waals surface area contributed by atoms with Crippen molar-refractivity contribution in [1.29, 1.82) is 0 Å². The van der Waals surface area contributed by atoms with Crippen LogP contribution >= 0.6 is 11.3 Å². The van der Waals surface area contributed by atoms with Crippen LogP contribution < -0.4 is 0 Å². The molecule has 2 heterocycles.